The van der Waals surface area contributed by atoms with E-state index in [1.54, 1.807) is 20.8 Å². The normalized spacial score (nSPS) is 14.2. The van der Waals surface area contributed by atoms with Crippen LogP contribution < -0.4 is 10.9 Å². The number of ether oxygens (including phenoxy) is 1. The van der Waals surface area contributed by atoms with Crippen molar-refractivity contribution in [1.29, 1.82) is 0 Å². The lowest BCUT2D eigenvalue weighted by atomic mass is 10.1. The van der Waals surface area contributed by atoms with Gasteiger partial charge >= 0.3 is 5.97 Å². The fourth-order valence-electron chi connectivity index (χ4n) is 3.59. The maximum absolute atomic E-state index is 12.6. The van der Waals surface area contributed by atoms with Crippen LogP contribution in [0.2, 0.25) is 0 Å². The summed E-state index contributed by atoms with van der Waals surface area (Å²) in [7, 11) is -3.57. The van der Waals surface area contributed by atoms with Crippen molar-refractivity contribution in [2.75, 3.05) is 19.7 Å². The molecular weight excluding hydrogens is 436 g/mol. The van der Waals surface area contributed by atoms with Crippen LogP contribution in [0.25, 0.3) is 0 Å². The van der Waals surface area contributed by atoms with Gasteiger partial charge in [0.25, 0.3) is 11.8 Å². The maximum Gasteiger partial charge on any atom is 0.340 e. The third kappa shape index (κ3) is 4.68. The Morgan fingerprint density at radius 1 is 1.03 bits per heavy atom. The van der Waals surface area contributed by atoms with Crippen LogP contribution in [-0.2, 0) is 14.8 Å². The quantitative estimate of drug-likeness (QED) is 0.441. The summed E-state index contributed by atoms with van der Waals surface area (Å²) in [6.45, 7) is 6.13. The fraction of sp³-hybridized carbons (Fsp3) is 0.381. The number of nitrogens with zero attached hydrogens (tertiary/aromatic N) is 1. The summed E-state index contributed by atoms with van der Waals surface area (Å²) in [5.41, 5.74) is 6.04. The first-order valence-corrected chi connectivity index (χ1v) is 11.7. The molecule has 0 atom stereocenters. The maximum atomic E-state index is 12.6. The zero-order chi connectivity index (χ0) is 23.5. The number of benzene rings is 1. The van der Waals surface area contributed by atoms with Crippen molar-refractivity contribution < 1.29 is 27.5 Å². The summed E-state index contributed by atoms with van der Waals surface area (Å²) < 4.78 is 31.6. The number of carbonyl (C=O) groups excluding carboxylic acids is 3. The third-order valence-electron chi connectivity index (χ3n) is 5.25. The molecule has 0 spiro atoms. The molecule has 0 radical (unpaired) electrons. The van der Waals surface area contributed by atoms with Gasteiger partial charge in [0.2, 0.25) is 10.0 Å². The van der Waals surface area contributed by atoms with Crippen molar-refractivity contribution in [2.24, 2.45) is 0 Å². The third-order valence-corrected chi connectivity index (χ3v) is 7.17. The van der Waals surface area contributed by atoms with Crippen LogP contribution in [0.5, 0.6) is 0 Å². The summed E-state index contributed by atoms with van der Waals surface area (Å²) in [5.74, 6) is -1.79. The minimum absolute atomic E-state index is 0.115. The number of nitrogens with one attached hydrogen (secondary N) is 3. The Hall–Kier alpha value is -3.18. The van der Waals surface area contributed by atoms with Crippen LogP contribution in [-0.4, -0.2) is 55.2 Å². The van der Waals surface area contributed by atoms with E-state index in [2.05, 4.69) is 15.8 Å². The predicted molar refractivity (Wildman–Crippen MR) is 116 cm³/mol. The number of amides is 2. The lowest BCUT2D eigenvalue weighted by Gasteiger charge is -2.15. The molecule has 2 aromatic rings. The zero-order valence-corrected chi connectivity index (χ0v) is 19.0. The number of esters is 1. The topological polar surface area (TPSA) is 138 Å². The number of aryl methyl sites for hydroxylation is 1. The highest BCUT2D eigenvalue weighted by atomic mass is 32.2. The lowest BCUT2D eigenvalue weighted by Crippen LogP contribution is -2.42. The van der Waals surface area contributed by atoms with E-state index in [1.807, 2.05) is 0 Å². The highest BCUT2D eigenvalue weighted by Gasteiger charge is 2.27. The Bertz CT molecular complexity index is 1130. The molecule has 1 aromatic carbocycles. The van der Waals surface area contributed by atoms with Gasteiger partial charge in [-0.05, 0) is 63.4 Å². The van der Waals surface area contributed by atoms with Crippen LogP contribution in [0.4, 0.5) is 0 Å². The van der Waals surface area contributed by atoms with Crippen molar-refractivity contribution in [3.8, 4) is 0 Å². The minimum atomic E-state index is -3.57. The van der Waals surface area contributed by atoms with E-state index in [0.29, 0.717) is 24.3 Å². The number of H-pyrrole nitrogens is 1. The molecule has 1 aliphatic rings. The van der Waals surface area contributed by atoms with Gasteiger partial charge in [-0.2, -0.15) is 4.31 Å². The molecule has 10 nitrogen and oxygen atoms in total. The Morgan fingerprint density at radius 2 is 1.62 bits per heavy atom. The van der Waals surface area contributed by atoms with E-state index >= 15 is 0 Å². The van der Waals surface area contributed by atoms with Gasteiger partial charge in [-0.25, -0.2) is 13.2 Å². The molecule has 2 amide bonds. The number of hydrogen-bond acceptors (Lipinski definition) is 6. The van der Waals surface area contributed by atoms with Gasteiger partial charge in [0, 0.05) is 24.3 Å². The summed E-state index contributed by atoms with van der Waals surface area (Å²) in [6, 6.07) is 5.50. The molecular formula is C21H26N4O6S. The van der Waals surface area contributed by atoms with Gasteiger partial charge in [0.15, 0.2) is 0 Å². The zero-order valence-electron chi connectivity index (χ0n) is 18.1. The highest BCUT2D eigenvalue weighted by molar-refractivity contribution is 7.89. The molecule has 172 valence electrons. The molecule has 1 saturated heterocycles. The Morgan fingerprint density at radius 3 is 2.22 bits per heavy atom. The SMILES string of the molecule is CCOC(=O)c1c(C)[nH]c(C(=O)NNC(=O)c2ccc(S(=O)(=O)N3CCCC3)cc2)c1C. The second-order valence-corrected chi connectivity index (χ2v) is 9.33. The second kappa shape index (κ2) is 9.53. The summed E-state index contributed by atoms with van der Waals surface area (Å²) in [4.78, 5) is 39.9. The Balaban J connectivity index is 1.65. The van der Waals surface area contributed by atoms with Gasteiger partial charge in [0.1, 0.15) is 5.69 Å². The molecule has 0 unspecified atom stereocenters. The predicted octanol–water partition coefficient (Wildman–Crippen LogP) is 1.67. The van der Waals surface area contributed by atoms with Crippen LogP contribution >= 0.6 is 0 Å². The van der Waals surface area contributed by atoms with Gasteiger partial charge in [-0.1, -0.05) is 0 Å². The number of aromatic amines is 1. The molecule has 1 aliphatic heterocycles. The van der Waals surface area contributed by atoms with Gasteiger partial charge < -0.3 is 9.72 Å². The van der Waals surface area contributed by atoms with E-state index in [1.165, 1.54) is 28.6 Å². The monoisotopic (exact) mass is 462 g/mol. The molecule has 3 rings (SSSR count). The number of hydrogen-bond donors (Lipinski definition) is 3. The molecule has 0 saturated carbocycles. The Kier molecular flexibility index (Phi) is 6.99. The lowest BCUT2D eigenvalue weighted by molar-refractivity contribution is 0.0524. The first-order chi connectivity index (χ1) is 15.2. The van der Waals surface area contributed by atoms with Crippen LogP contribution in [0.3, 0.4) is 0 Å². The van der Waals surface area contributed by atoms with Crippen molar-refractivity contribution in [3.05, 3.63) is 52.3 Å². The highest BCUT2D eigenvalue weighted by Crippen LogP contribution is 2.21. The van der Waals surface area contributed by atoms with Crippen molar-refractivity contribution >= 4 is 27.8 Å². The Labute approximate surface area is 186 Å². The summed E-state index contributed by atoms with van der Waals surface area (Å²) in [6.07, 6.45) is 1.67. The van der Waals surface area contributed by atoms with E-state index in [0.717, 1.165) is 12.8 Å². The number of carbonyl (C=O) groups is 3. The average molecular weight is 463 g/mol. The van der Waals surface area contributed by atoms with E-state index in [4.69, 9.17) is 4.74 Å². The van der Waals surface area contributed by atoms with E-state index in [-0.39, 0.29) is 28.3 Å². The molecule has 1 aromatic heterocycles. The van der Waals surface area contributed by atoms with Crippen molar-refractivity contribution in [3.63, 3.8) is 0 Å². The molecule has 2 heterocycles. The van der Waals surface area contributed by atoms with Gasteiger partial charge in [-0.15, -0.1) is 0 Å². The van der Waals surface area contributed by atoms with Crippen molar-refractivity contribution in [2.45, 2.75) is 38.5 Å². The van der Waals surface area contributed by atoms with Crippen LogP contribution in [0.15, 0.2) is 29.2 Å². The standard InChI is InChI=1S/C21H26N4O6S/c1-4-31-21(28)17-13(2)18(22-14(17)3)20(27)24-23-19(26)15-7-9-16(10-8-15)32(29,30)25-11-5-6-12-25/h7-10,22H,4-6,11-12H2,1-3H3,(H,23,26)(H,24,27). The molecule has 3 N–H and O–H groups in total. The first kappa shape index (κ1) is 23.5. The van der Waals surface area contributed by atoms with Crippen LogP contribution in [0, 0.1) is 13.8 Å². The number of sulfonamides is 1. The molecule has 32 heavy (non-hydrogen) atoms. The second-order valence-electron chi connectivity index (χ2n) is 7.39. The molecule has 1 fully saturated rings. The fourth-order valence-corrected chi connectivity index (χ4v) is 5.11. The number of hydrazine groups is 1. The molecule has 0 aliphatic carbocycles. The number of rotatable bonds is 6. The first-order valence-electron chi connectivity index (χ1n) is 10.2. The number of aromatic nitrogens is 1. The molecule has 0 bridgehead atoms. The summed E-state index contributed by atoms with van der Waals surface area (Å²) >= 11 is 0. The molecule has 11 heteroatoms. The summed E-state index contributed by atoms with van der Waals surface area (Å²) in [5, 5.41) is 0. The van der Waals surface area contributed by atoms with E-state index in [9.17, 15) is 22.8 Å². The van der Waals surface area contributed by atoms with Gasteiger partial charge in [-0.3, -0.25) is 20.4 Å². The largest absolute Gasteiger partial charge is 0.462 e. The van der Waals surface area contributed by atoms with Crippen LogP contribution in [0.1, 0.15) is 62.2 Å². The minimum Gasteiger partial charge on any atom is -0.462 e. The average Bonchev–Trinajstić information content (AvgIpc) is 3.41. The van der Waals surface area contributed by atoms with Gasteiger partial charge in [0.05, 0.1) is 17.1 Å². The van der Waals surface area contributed by atoms with E-state index < -0.39 is 27.8 Å². The smallest absolute Gasteiger partial charge is 0.340 e. The van der Waals surface area contributed by atoms with Crippen molar-refractivity contribution in [1.82, 2.24) is 20.1 Å².